The summed E-state index contributed by atoms with van der Waals surface area (Å²) in [5.41, 5.74) is 4.49. The fraction of sp³-hybridized carbons (Fsp3) is 0.467. The first-order valence-electron chi connectivity index (χ1n) is 6.38. The topological polar surface area (TPSA) is 66.4 Å². The lowest BCUT2D eigenvalue weighted by Crippen LogP contribution is -2.27. The molecule has 1 atom stereocenters. The van der Waals surface area contributed by atoms with Crippen LogP contribution in [-0.2, 0) is 9.59 Å². The summed E-state index contributed by atoms with van der Waals surface area (Å²) in [6.45, 7) is 7.53. The van der Waals surface area contributed by atoms with E-state index in [1.165, 1.54) is 18.1 Å². The number of carboxylic acid groups (broad SMARTS) is 1. The molecule has 2 N–H and O–H groups in total. The average Bonchev–Trinajstić information content (AvgIpc) is 2.31. The number of amides is 1. The van der Waals surface area contributed by atoms with Crippen LogP contribution >= 0.6 is 0 Å². The third-order valence-corrected chi connectivity index (χ3v) is 3.50. The minimum Gasteiger partial charge on any atom is -0.481 e. The molecule has 1 unspecified atom stereocenters. The predicted octanol–water partition coefficient (Wildman–Crippen LogP) is 2.65. The Labute approximate surface area is 113 Å². The van der Waals surface area contributed by atoms with E-state index in [2.05, 4.69) is 5.32 Å². The molecule has 104 valence electrons. The number of benzene rings is 1. The number of carbonyl (C=O) groups is 2. The zero-order valence-corrected chi connectivity index (χ0v) is 11.9. The van der Waals surface area contributed by atoms with Gasteiger partial charge in [0.2, 0.25) is 5.91 Å². The zero-order chi connectivity index (χ0) is 14.6. The van der Waals surface area contributed by atoms with Crippen molar-refractivity contribution in [1.82, 2.24) is 5.32 Å². The maximum atomic E-state index is 11.3. The second kappa shape index (κ2) is 6.36. The smallest absolute Gasteiger partial charge is 0.303 e. The Kier molecular flexibility index (Phi) is 5.10. The van der Waals surface area contributed by atoms with Crippen LogP contribution in [0.5, 0.6) is 0 Å². The fourth-order valence-electron chi connectivity index (χ4n) is 2.17. The molecule has 19 heavy (non-hydrogen) atoms. The molecule has 0 aliphatic carbocycles. The SMILES string of the molecule is CC(=O)NC(CCC(=O)O)c1ccc(C)c(C)c1C. The lowest BCUT2D eigenvalue weighted by molar-refractivity contribution is -0.137. The molecule has 0 saturated carbocycles. The normalized spacial score (nSPS) is 12.0. The molecule has 0 aliphatic heterocycles. The van der Waals surface area contributed by atoms with Crippen molar-refractivity contribution in [3.8, 4) is 0 Å². The molecule has 4 nitrogen and oxygen atoms in total. The van der Waals surface area contributed by atoms with Crippen molar-refractivity contribution < 1.29 is 14.7 Å². The van der Waals surface area contributed by atoms with Crippen LogP contribution in [-0.4, -0.2) is 17.0 Å². The maximum Gasteiger partial charge on any atom is 0.303 e. The standard InChI is InChI=1S/C15H21NO3/c1-9-5-6-13(11(3)10(9)2)14(16-12(4)17)7-8-15(18)19/h5-6,14H,7-8H2,1-4H3,(H,16,17)(H,18,19). The molecule has 0 heterocycles. The van der Waals surface area contributed by atoms with Crippen molar-refractivity contribution >= 4 is 11.9 Å². The van der Waals surface area contributed by atoms with Gasteiger partial charge in [0.05, 0.1) is 6.04 Å². The average molecular weight is 263 g/mol. The van der Waals surface area contributed by atoms with E-state index in [-0.39, 0.29) is 18.4 Å². The molecule has 1 aromatic rings. The summed E-state index contributed by atoms with van der Waals surface area (Å²) in [5.74, 6) is -0.996. The number of hydrogen-bond acceptors (Lipinski definition) is 2. The van der Waals surface area contributed by atoms with Crippen LogP contribution in [0, 0.1) is 20.8 Å². The van der Waals surface area contributed by atoms with E-state index in [4.69, 9.17) is 5.11 Å². The number of aliphatic carboxylic acids is 1. The van der Waals surface area contributed by atoms with Crippen LogP contribution in [0.3, 0.4) is 0 Å². The molecule has 0 fully saturated rings. The second-order valence-corrected chi connectivity index (χ2v) is 4.91. The molecule has 1 aromatic carbocycles. The Morgan fingerprint density at radius 2 is 1.84 bits per heavy atom. The van der Waals surface area contributed by atoms with Crippen molar-refractivity contribution in [1.29, 1.82) is 0 Å². The fourth-order valence-corrected chi connectivity index (χ4v) is 2.17. The molecular formula is C15H21NO3. The Balaban J connectivity index is 3.06. The zero-order valence-electron chi connectivity index (χ0n) is 11.9. The van der Waals surface area contributed by atoms with Gasteiger partial charge in [-0.2, -0.15) is 0 Å². The number of carbonyl (C=O) groups excluding carboxylic acids is 1. The van der Waals surface area contributed by atoms with E-state index in [1.54, 1.807) is 0 Å². The van der Waals surface area contributed by atoms with Gasteiger partial charge in [0.15, 0.2) is 0 Å². The molecule has 1 amide bonds. The molecule has 0 saturated heterocycles. The van der Waals surface area contributed by atoms with E-state index >= 15 is 0 Å². The van der Waals surface area contributed by atoms with E-state index in [1.807, 2.05) is 32.9 Å². The molecule has 0 aromatic heterocycles. The largest absolute Gasteiger partial charge is 0.481 e. The van der Waals surface area contributed by atoms with Gasteiger partial charge in [-0.15, -0.1) is 0 Å². The van der Waals surface area contributed by atoms with Gasteiger partial charge in [-0.1, -0.05) is 12.1 Å². The Morgan fingerprint density at radius 3 is 2.37 bits per heavy atom. The molecule has 4 heteroatoms. The first-order valence-corrected chi connectivity index (χ1v) is 6.38. The quantitative estimate of drug-likeness (QED) is 0.858. The highest BCUT2D eigenvalue weighted by Gasteiger charge is 2.17. The Hall–Kier alpha value is -1.84. The molecule has 0 radical (unpaired) electrons. The first-order chi connectivity index (χ1) is 8.82. The summed E-state index contributed by atoms with van der Waals surface area (Å²) < 4.78 is 0. The first kappa shape index (κ1) is 15.2. The third kappa shape index (κ3) is 4.09. The van der Waals surface area contributed by atoms with Gasteiger partial charge in [-0.25, -0.2) is 0 Å². The lowest BCUT2D eigenvalue weighted by Gasteiger charge is -2.21. The molecule has 0 bridgehead atoms. The van der Waals surface area contributed by atoms with Crippen LogP contribution in [0.2, 0.25) is 0 Å². The van der Waals surface area contributed by atoms with Crippen molar-refractivity contribution in [2.24, 2.45) is 0 Å². The van der Waals surface area contributed by atoms with Gasteiger partial charge in [0.1, 0.15) is 0 Å². The van der Waals surface area contributed by atoms with Crippen LogP contribution < -0.4 is 5.32 Å². The summed E-state index contributed by atoms with van der Waals surface area (Å²) >= 11 is 0. The van der Waals surface area contributed by atoms with Crippen LogP contribution in [0.25, 0.3) is 0 Å². The predicted molar refractivity (Wildman–Crippen MR) is 74.1 cm³/mol. The van der Waals surface area contributed by atoms with Gasteiger partial charge in [0, 0.05) is 13.3 Å². The van der Waals surface area contributed by atoms with Crippen molar-refractivity contribution in [2.75, 3.05) is 0 Å². The van der Waals surface area contributed by atoms with Gasteiger partial charge in [-0.05, 0) is 49.4 Å². The Bertz CT molecular complexity index is 494. The minimum absolute atomic E-state index is 0.0390. The van der Waals surface area contributed by atoms with E-state index < -0.39 is 5.97 Å². The number of nitrogens with one attached hydrogen (secondary N) is 1. The van der Waals surface area contributed by atoms with E-state index in [0.29, 0.717) is 6.42 Å². The molecule has 0 aliphatic rings. The molecular weight excluding hydrogens is 242 g/mol. The van der Waals surface area contributed by atoms with Gasteiger partial charge < -0.3 is 10.4 Å². The van der Waals surface area contributed by atoms with Gasteiger partial charge in [-0.3, -0.25) is 9.59 Å². The monoisotopic (exact) mass is 263 g/mol. The minimum atomic E-state index is -0.850. The Morgan fingerprint density at radius 1 is 1.21 bits per heavy atom. The summed E-state index contributed by atoms with van der Waals surface area (Å²) in [5, 5.41) is 11.6. The van der Waals surface area contributed by atoms with Crippen molar-refractivity contribution in [3.05, 3.63) is 34.4 Å². The summed E-state index contributed by atoms with van der Waals surface area (Å²) in [4.78, 5) is 22.0. The van der Waals surface area contributed by atoms with E-state index in [0.717, 1.165) is 11.1 Å². The summed E-state index contributed by atoms with van der Waals surface area (Å²) in [6.07, 6.45) is 0.440. The maximum absolute atomic E-state index is 11.3. The third-order valence-electron chi connectivity index (χ3n) is 3.50. The van der Waals surface area contributed by atoms with Crippen molar-refractivity contribution in [3.63, 3.8) is 0 Å². The molecule has 0 spiro atoms. The van der Waals surface area contributed by atoms with Crippen molar-refractivity contribution in [2.45, 2.75) is 46.6 Å². The highest BCUT2D eigenvalue weighted by Crippen LogP contribution is 2.26. The second-order valence-electron chi connectivity index (χ2n) is 4.91. The van der Waals surface area contributed by atoms with Gasteiger partial charge in [0.25, 0.3) is 0 Å². The highest BCUT2D eigenvalue weighted by atomic mass is 16.4. The number of carboxylic acids is 1. The molecule has 1 rings (SSSR count). The van der Waals surface area contributed by atoms with Crippen LogP contribution in [0.15, 0.2) is 12.1 Å². The van der Waals surface area contributed by atoms with Crippen LogP contribution in [0.4, 0.5) is 0 Å². The van der Waals surface area contributed by atoms with Gasteiger partial charge >= 0.3 is 5.97 Å². The van der Waals surface area contributed by atoms with E-state index in [9.17, 15) is 9.59 Å². The number of hydrogen-bond donors (Lipinski definition) is 2. The highest BCUT2D eigenvalue weighted by molar-refractivity contribution is 5.74. The summed E-state index contributed by atoms with van der Waals surface area (Å²) in [7, 11) is 0. The van der Waals surface area contributed by atoms with Crippen LogP contribution in [0.1, 0.15) is 48.1 Å². The lowest BCUT2D eigenvalue weighted by atomic mass is 9.92. The number of aryl methyl sites for hydroxylation is 1. The summed E-state index contributed by atoms with van der Waals surface area (Å²) in [6, 6.07) is 3.74. The number of rotatable bonds is 5.